The van der Waals surface area contributed by atoms with Crippen LogP contribution in [0.15, 0.2) is 0 Å². The molecule has 2 unspecified atom stereocenters. The summed E-state index contributed by atoms with van der Waals surface area (Å²) in [5, 5.41) is 12.1. The summed E-state index contributed by atoms with van der Waals surface area (Å²) < 4.78 is 4.96. The van der Waals surface area contributed by atoms with E-state index in [1.807, 2.05) is 6.92 Å². The van der Waals surface area contributed by atoms with Gasteiger partial charge in [0.15, 0.2) is 6.29 Å². The van der Waals surface area contributed by atoms with E-state index in [0.29, 0.717) is 6.73 Å². The normalized spacial score (nSPS) is 38.0. The Kier molecular flexibility index (Phi) is 2.45. The number of ether oxygens (including phenoxy) is 1. The molecule has 1 heterocycles. The Labute approximate surface area is 55.0 Å². The Morgan fingerprint density at radius 3 is 3.22 bits per heavy atom. The van der Waals surface area contributed by atoms with E-state index in [0.717, 1.165) is 13.0 Å². The zero-order valence-electron chi connectivity index (χ0n) is 5.63. The van der Waals surface area contributed by atoms with Crippen LogP contribution < -0.4 is 5.32 Å². The Morgan fingerprint density at radius 2 is 2.44 bits per heavy atom. The number of rotatable bonds is 0. The van der Waals surface area contributed by atoms with E-state index in [2.05, 4.69) is 5.32 Å². The predicted molar refractivity (Wildman–Crippen MR) is 33.7 cm³/mol. The van der Waals surface area contributed by atoms with Gasteiger partial charge in [0.2, 0.25) is 0 Å². The maximum absolute atomic E-state index is 9.10. The summed E-state index contributed by atoms with van der Waals surface area (Å²) >= 11 is 0. The Balaban J connectivity index is 2.32. The van der Waals surface area contributed by atoms with Crippen LogP contribution in [0.25, 0.3) is 0 Å². The lowest BCUT2D eigenvalue weighted by Crippen LogP contribution is -2.20. The van der Waals surface area contributed by atoms with Crippen LogP contribution in [0, 0.1) is 5.92 Å². The molecule has 1 saturated heterocycles. The Bertz CT molecular complexity index is 77.1. The minimum absolute atomic E-state index is 0.264. The molecule has 9 heavy (non-hydrogen) atoms. The molecule has 1 rings (SSSR count). The van der Waals surface area contributed by atoms with Gasteiger partial charge in [-0.15, -0.1) is 0 Å². The van der Waals surface area contributed by atoms with Crippen molar-refractivity contribution in [2.24, 2.45) is 5.92 Å². The standard InChI is InChI=1S/C6H13NO2/c1-5-2-3-7-4-9-6(5)8/h5-8H,2-4H2,1H3. The van der Waals surface area contributed by atoms with Gasteiger partial charge in [-0.05, 0) is 13.0 Å². The third-order valence-electron chi connectivity index (χ3n) is 1.62. The second-order valence-corrected chi connectivity index (χ2v) is 2.47. The third kappa shape index (κ3) is 1.93. The summed E-state index contributed by atoms with van der Waals surface area (Å²) in [6.07, 6.45) is 0.418. The highest BCUT2D eigenvalue weighted by atomic mass is 16.6. The van der Waals surface area contributed by atoms with Gasteiger partial charge in [0.05, 0.1) is 6.73 Å². The van der Waals surface area contributed by atoms with Crippen LogP contribution in [0.1, 0.15) is 13.3 Å². The van der Waals surface area contributed by atoms with E-state index in [4.69, 9.17) is 9.84 Å². The van der Waals surface area contributed by atoms with Crippen molar-refractivity contribution in [2.75, 3.05) is 13.3 Å². The van der Waals surface area contributed by atoms with Gasteiger partial charge in [-0.2, -0.15) is 0 Å². The first-order valence-corrected chi connectivity index (χ1v) is 3.31. The minimum Gasteiger partial charge on any atom is -0.368 e. The summed E-state index contributed by atoms with van der Waals surface area (Å²) in [6.45, 7) is 3.40. The van der Waals surface area contributed by atoms with Crippen LogP contribution in [0.5, 0.6) is 0 Å². The zero-order chi connectivity index (χ0) is 6.69. The maximum atomic E-state index is 9.10. The van der Waals surface area contributed by atoms with Gasteiger partial charge in [-0.3, -0.25) is 5.32 Å². The van der Waals surface area contributed by atoms with Crippen LogP contribution in [-0.4, -0.2) is 24.7 Å². The van der Waals surface area contributed by atoms with E-state index in [1.54, 1.807) is 0 Å². The number of hydrogen-bond acceptors (Lipinski definition) is 3. The van der Waals surface area contributed by atoms with Gasteiger partial charge < -0.3 is 9.84 Å². The molecule has 0 bridgehead atoms. The first-order chi connectivity index (χ1) is 4.30. The average Bonchev–Trinajstić information content (AvgIpc) is 1.99. The van der Waals surface area contributed by atoms with Crippen molar-refractivity contribution < 1.29 is 9.84 Å². The highest BCUT2D eigenvalue weighted by molar-refractivity contribution is 4.60. The largest absolute Gasteiger partial charge is 0.368 e. The van der Waals surface area contributed by atoms with Crippen molar-refractivity contribution in [3.8, 4) is 0 Å². The van der Waals surface area contributed by atoms with Crippen LogP contribution in [0.4, 0.5) is 0 Å². The first-order valence-electron chi connectivity index (χ1n) is 3.31. The second kappa shape index (κ2) is 3.15. The Morgan fingerprint density at radius 1 is 1.67 bits per heavy atom. The fraction of sp³-hybridized carbons (Fsp3) is 1.00. The fourth-order valence-corrected chi connectivity index (χ4v) is 0.853. The SMILES string of the molecule is CC1CCNCOC1O. The topological polar surface area (TPSA) is 41.5 Å². The zero-order valence-corrected chi connectivity index (χ0v) is 5.63. The molecular weight excluding hydrogens is 118 g/mol. The van der Waals surface area contributed by atoms with Crippen molar-refractivity contribution in [1.29, 1.82) is 0 Å². The second-order valence-electron chi connectivity index (χ2n) is 2.47. The van der Waals surface area contributed by atoms with Crippen LogP contribution in [0.3, 0.4) is 0 Å². The molecule has 0 aromatic carbocycles. The van der Waals surface area contributed by atoms with E-state index >= 15 is 0 Å². The van der Waals surface area contributed by atoms with E-state index in [-0.39, 0.29) is 5.92 Å². The molecule has 1 fully saturated rings. The number of aliphatic hydroxyl groups is 1. The molecule has 0 radical (unpaired) electrons. The summed E-state index contributed by atoms with van der Waals surface area (Å²) in [5.74, 6) is 0.264. The Hall–Kier alpha value is -0.120. The quantitative estimate of drug-likeness (QED) is 0.482. The molecule has 0 saturated carbocycles. The highest BCUT2D eigenvalue weighted by Gasteiger charge is 2.16. The maximum Gasteiger partial charge on any atom is 0.158 e. The molecule has 2 atom stereocenters. The van der Waals surface area contributed by atoms with E-state index < -0.39 is 6.29 Å². The van der Waals surface area contributed by atoms with Crippen molar-refractivity contribution in [1.82, 2.24) is 5.32 Å². The minimum atomic E-state index is -0.569. The number of aliphatic hydroxyl groups excluding tert-OH is 1. The summed E-state index contributed by atoms with van der Waals surface area (Å²) in [5.41, 5.74) is 0. The molecular formula is C6H13NO2. The molecule has 1 aliphatic heterocycles. The molecule has 3 nitrogen and oxygen atoms in total. The number of hydrogen-bond donors (Lipinski definition) is 2. The van der Waals surface area contributed by atoms with Crippen LogP contribution in [-0.2, 0) is 4.74 Å². The molecule has 0 aromatic heterocycles. The van der Waals surface area contributed by atoms with Crippen molar-refractivity contribution >= 4 is 0 Å². The van der Waals surface area contributed by atoms with Crippen molar-refractivity contribution in [3.63, 3.8) is 0 Å². The van der Waals surface area contributed by atoms with Crippen molar-refractivity contribution in [3.05, 3.63) is 0 Å². The van der Waals surface area contributed by atoms with Gasteiger partial charge in [0, 0.05) is 5.92 Å². The van der Waals surface area contributed by atoms with Gasteiger partial charge in [0.25, 0.3) is 0 Å². The summed E-state index contributed by atoms with van der Waals surface area (Å²) in [4.78, 5) is 0. The van der Waals surface area contributed by atoms with Crippen LogP contribution in [0.2, 0.25) is 0 Å². The lowest BCUT2D eigenvalue weighted by molar-refractivity contribution is -0.125. The molecule has 3 heteroatoms. The van der Waals surface area contributed by atoms with Crippen LogP contribution >= 0.6 is 0 Å². The van der Waals surface area contributed by atoms with E-state index in [1.165, 1.54) is 0 Å². The number of nitrogens with one attached hydrogen (secondary N) is 1. The van der Waals surface area contributed by atoms with E-state index in [9.17, 15) is 0 Å². The summed E-state index contributed by atoms with van der Waals surface area (Å²) in [6, 6.07) is 0. The van der Waals surface area contributed by atoms with Gasteiger partial charge in [-0.25, -0.2) is 0 Å². The molecule has 54 valence electrons. The fourth-order valence-electron chi connectivity index (χ4n) is 0.853. The lowest BCUT2D eigenvalue weighted by atomic mass is 10.1. The van der Waals surface area contributed by atoms with Gasteiger partial charge in [-0.1, -0.05) is 6.92 Å². The highest BCUT2D eigenvalue weighted by Crippen LogP contribution is 2.10. The van der Waals surface area contributed by atoms with Gasteiger partial charge in [0.1, 0.15) is 0 Å². The average molecular weight is 131 g/mol. The molecule has 2 N–H and O–H groups in total. The lowest BCUT2D eigenvalue weighted by Gasteiger charge is -2.13. The first kappa shape index (κ1) is 6.99. The van der Waals surface area contributed by atoms with Crippen molar-refractivity contribution in [2.45, 2.75) is 19.6 Å². The summed E-state index contributed by atoms with van der Waals surface area (Å²) in [7, 11) is 0. The monoisotopic (exact) mass is 131 g/mol. The third-order valence-corrected chi connectivity index (χ3v) is 1.62. The molecule has 0 spiro atoms. The smallest absolute Gasteiger partial charge is 0.158 e. The molecule has 0 amide bonds. The molecule has 0 aromatic rings. The molecule has 1 aliphatic rings. The molecule has 0 aliphatic carbocycles. The van der Waals surface area contributed by atoms with Gasteiger partial charge >= 0.3 is 0 Å². The predicted octanol–water partition coefficient (Wildman–Crippen LogP) is -0.0917.